The lowest BCUT2D eigenvalue weighted by atomic mass is 10.0. The molecule has 1 rings (SSSR count). The lowest BCUT2D eigenvalue weighted by molar-refractivity contribution is -0.138. The highest BCUT2D eigenvalue weighted by molar-refractivity contribution is 7.15. The van der Waals surface area contributed by atoms with E-state index in [1.54, 1.807) is 0 Å². The van der Waals surface area contributed by atoms with E-state index in [1.165, 1.54) is 0 Å². The summed E-state index contributed by atoms with van der Waals surface area (Å²) < 4.78 is 36.7. The third-order valence-corrected chi connectivity index (χ3v) is 3.25. The SMILES string of the molecule is CCC(CCO)CNc1nnc(C(F)(F)F)s1. The molecule has 1 aromatic rings. The Hall–Kier alpha value is -0.890. The highest BCUT2D eigenvalue weighted by Crippen LogP contribution is 2.33. The van der Waals surface area contributed by atoms with Gasteiger partial charge in [0.25, 0.3) is 0 Å². The minimum atomic E-state index is -4.44. The van der Waals surface area contributed by atoms with Gasteiger partial charge in [-0.3, -0.25) is 0 Å². The fourth-order valence-corrected chi connectivity index (χ4v) is 1.89. The van der Waals surface area contributed by atoms with Crippen molar-refractivity contribution in [3.8, 4) is 0 Å². The zero-order valence-corrected chi connectivity index (χ0v) is 10.1. The number of aliphatic hydroxyl groups excluding tert-OH is 1. The fourth-order valence-electron chi connectivity index (χ4n) is 1.27. The number of alkyl halides is 3. The van der Waals surface area contributed by atoms with E-state index in [9.17, 15) is 13.2 Å². The third kappa shape index (κ3) is 4.47. The summed E-state index contributed by atoms with van der Waals surface area (Å²) in [5.41, 5.74) is 0. The quantitative estimate of drug-likeness (QED) is 0.832. The van der Waals surface area contributed by atoms with Crippen LogP contribution in [0.1, 0.15) is 24.8 Å². The molecule has 0 radical (unpaired) electrons. The molecule has 1 unspecified atom stereocenters. The van der Waals surface area contributed by atoms with Crippen LogP contribution in [-0.4, -0.2) is 28.5 Å². The van der Waals surface area contributed by atoms with E-state index < -0.39 is 11.2 Å². The van der Waals surface area contributed by atoms with Crippen molar-refractivity contribution in [1.82, 2.24) is 10.2 Å². The van der Waals surface area contributed by atoms with Crippen LogP contribution in [0, 0.1) is 5.92 Å². The molecule has 17 heavy (non-hydrogen) atoms. The Kier molecular flexibility index (Phi) is 5.13. The van der Waals surface area contributed by atoms with Crippen LogP contribution < -0.4 is 5.32 Å². The monoisotopic (exact) mass is 269 g/mol. The molecule has 0 aromatic carbocycles. The van der Waals surface area contributed by atoms with Crippen LogP contribution in [0.15, 0.2) is 0 Å². The number of nitrogens with one attached hydrogen (secondary N) is 1. The molecular formula is C9H14F3N3OS. The van der Waals surface area contributed by atoms with Gasteiger partial charge in [0, 0.05) is 13.2 Å². The molecule has 0 aliphatic heterocycles. The van der Waals surface area contributed by atoms with Crippen LogP contribution in [-0.2, 0) is 6.18 Å². The molecule has 8 heteroatoms. The fraction of sp³-hybridized carbons (Fsp3) is 0.778. The molecule has 0 bridgehead atoms. The second-order valence-corrected chi connectivity index (χ2v) is 4.56. The number of anilines is 1. The Labute approximate surface area is 101 Å². The number of aliphatic hydroxyl groups is 1. The van der Waals surface area contributed by atoms with Gasteiger partial charge in [-0.15, -0.1) is 10.2 Å². The topological polar surface area (TPSA) is 58.0 Å². The predicted octanol–water partition coefficient (Wildman–Crippen LogP) is 2.38. The van der Waals surface area contributed by atoms with Gasteiger partial charge in [0.15, 0.2) is 0 Å². The van der Waals surface area contributed by atoms with E-state index in [0.717, 1.165) is 6.42 Å². The molecule has 1 aromatic heterocycles. The van der Waals surface area contributed by atoms with Gasteiger partial charge in [-0.2, -0.15) is 13.2 Å². The van der Waals surface area contributed by atoms with Crippen molar-refractivity contribution >= 4 is 16.5 Å². The molecule has 2 N–H and O–H groups in total. The normalized spacial score (nSPS) is 13.7. The molecular weight excluding hydrogens is 255 g/mol. The van der Waals surface area contributed by atoms with Crippen LogP contribution >= 0.6 is 11.3 Å². The molecule has 0 saturated carbocycles. The largest absolute Gasteiger partial charge is 0.445 e. The van der Waals surface area contributed by atoms with Crippen molar-refractivity contribution in [2.75, 3.05) is 18.5 Å². The number of halogens is 3. The molecule has 1 atom stereocenters. The zero-order valence-electron chi connectivity index (χ0n) is 9.29. The Morgan fingerprint density at radius 3 is 2.59 bits per heavy atom. The third-order valence-electron chi connectivity index (χ3n) is 2.32. The van der Waals surface area contributed by atoms with Crippen molar-refractivity contribution in [3.63, 3.8) is 0 Å². The molecule has 1 heterocycles. The van der Waals surface area contributed by atoms with Gasteiger partial charge < -0.3 is 10.4 Å². The smallest absolute Gasteiger partial charge is 0.396 e. The summed E-state index contributed by atoms with van der Waals surface area (Å²) in [7, 11) is 0. The molecule has 0 aliphatic rings. The number of rotatable bonds is 6. The number of aromatic nitrogens is 2. The first-order chi connectivity index (χ1) is 7.97. The van der Waals surface area contributed by atoms with Crippen LogP contribution in [0.5, 0.6) is 0 Å². The van der Waals surface area contributed by atoms with Gasteiger partial charge in [0.05, 0.1) is 0 Å². The van der Waals surface area contributed by atoms with E-state index in [2.05, 4.69) is 15.5 Å². The van der Waals surface area contributed by atoms with Gasteiger partial charge in [0.2, 0.25) is 10.1 Å². The van der Waals surface area contributed by atoms with Gasteiger partial charge in [-0.05, 0) is 12.3 Å². The maximum atomic E-state index is 12.2. The molecule has 0 aliphatic carbocycles. The lowest BCUT2D eigenvalue weighted by Gasteiger charge is -2.12. The summed E-state index contributed by atoms with van der Waals surface area (Å²) in [6.45, 7) is 2.52. The van der Waals surface area contributed by atoms with E-state index in [-0.39, 0.29) is 17.7 Å². The van der Waals surface area contributed by atoms with E-state index in [4.69, 9.17) is 5.11 Å². The average molecular weight is 269 g/mol. The summed E-state index contributed by atoms with van der Waals surface area (Å²) >= 11 is 0.490. The van der Waals surface area contributed by atoms with Crippen molar-refractivity contribution in [2.24, 2.45) is 5.92 Å². The predicted molar refractivity (Wildman–Crippen MR) is 58.9 cm³/mol. The first-order valence-corrected chi connectivity index (χ1v) is 6.04. The molecule has 0 fully saturated rings. The molecule has 0 amide bonds. The summed E-state index contributed by atoms with van der Waals surface area (Å²) in [6, 6.07) is 0. The molecule has 98 valence electrons. The van der Waals surface area contributed by atoms with Crippen LogP contribution in [0.3, 0.4) is 0 Å². The lowest BCUT2D eigenvalue weighted by Crippen LogP contribution is -2.14. The summed E-state index contributed by atoms with van der Waals surface area (Å²) in [5, 5.41) is 17.3. The Balaban J connectivity index is 2.49. The standard InChI is InChI=1S/C9H14F3N3OS/c1-2-6(3-4-16)5-13-8-15-14-7(17-8)9(10,11)12/h6,16H,2-5H2,1H3,(H,13,15). The van der Waals surface area contributed by atoms with E-state index in [1.807, 2.05) is 6.92 Å². The Morgan fingerprint density at radius 2 is 2.12 bits per heavy atom. The zero-order chi connectivity index (χ0) is 12.9. The maximum absolute atomic E-state index is 12.2. The number of hydrogen-bond donors (Lipinski definition) is 2. The first kappa shape index (κ1) is 14.2. The molecule has 0 spiro atoms. The highest BCUT2D eigenvalue weighted by Gasteiger charge is 2.35. The highest BCUT2D eigenvalue weighted by atomic mass is 32.1. The number of hydrogen-bond acceptors (Lipinski definition) is 5. The molecule has 0 saturated heterocycles. The first-order valence-electron chi connectivity index (χ1n) is 5.22. The average Bonchev–Trinajstić information content (AvgIpc) is 2.72. The van der Waals surface area contributed by atoms with E-state index >= 15 is 0 Å². The van der Waals surface area contributed by atoms with Crippen molar-refractivity contribution in [3.05, 3.63) is 5.01 Å². The summed E-state index contributed by atoms with van der Waals surface area (Å²) in [6.07, 6.45) is -2.97. The van der Waals surface area contributed by atoms with Crippen molar-refractivity contribution in [2.45, 2.75) is 25.9 Å². The second kappa shape index (κ2) is 6.15. The van der Waals surface area contributed by atoms with Crippen LogP contribution in [0.25, 0.3) is 0 Å². The summed E-state index contributed by atoms with van der Waals surface area (Å²) in [4.78, 5) is 0. The minimum Gasteiger partial charge on any atom is -0.396 e. The van der Waals surface area contributed by atoms with Crippen LogP contribution in [0.2, 0.25) is 0 Å². The summed E-state index contributed by atoms with van der Waals surface area (Å²) in [5.74, 6) is 0.221. The van der Waals surface area contributed by atoms with Crippen molar-refractivity contribution in [1.29, 1.82) is 0 Å². The minimum absolute atomic E-state index is 0.0735. The van der Waals surface area contributed by atoms with Gasteiger partial charge >= 0.3 is 6.18 Å². The van der Waals surface area contributed by atoms with Gasteiger partial charge in [-0.1, -0.05) is 24.7 Å². The van der Waals surface area contributed by atoms with E-state index in [0.29, 0.717) is 24.3 Å². The Morgan fingerprint density at radius 1 is 1.41 bits per heavy atom. The van der Waals surface area contributed by atoms with Crippen LogP contribution in [0.4, 0.5) is 18.3 Å². The van der Waals surface area contributed by atoms with Gasteiger partial charge in [-0.25, -0.2) is 0 Å². The second-order valence-electron chi connectivity index (χ2n) is 3.58. The Bertz CT molecular complexity index is 342. The van der Waals surface area contributed by atoms with Gasteiger partial charge in [0.1, 0.15) is 0 Å². The molecule has 4 nitrogen and oxygen atoms in total. The maximum Gasteiger partial charge on any atom is 0.445 e. The number of nitrogens with zero attached hydrogens (tertiary/aromatic N) is 2. The van der Waals surface area contributed by atoms with Crippen molar-refractivity contribution < 1.29 is 18.3 Å².